The number of carbonyl (C=O) groups is 1. The van der Waals surface area contributed by atoms with Crippen molar-refractivity contribution in [1.82, 2.24) is 5.32 Å². The fourth-order valence-corrected chi connectivity index (χ4v) is 1.91. The average molecular weight is 251 g/mol. The summed E-state index contributed by atoms with van der Waals surface area (Å²) >= 11 is 0. The predicted octanol–water partition coefficient (Wildman–Crippen LogP) is 2.33. The number of carbonyl (C=O) groups excluding carboxylic acids is 1. The van der Waals surface area contributed by atoms with E-state index in [-0.39, 0.29) is 11.8 Å². The van der Waals surface area contributed by atoms with Crippen LogP contribution in [-0.4, -0.2) is 27.1 Å². The van der Waals surface area contributed by atoms with Crippen LogP contribution in [0.15, 0.2) is 18.2 Å². The smallest absolute Gasteiger partial charge is 0.129 e. The lowest BCUT2D eigenvalue weighted by molar-refractivity contribution is -0.117. The number of Topliss-reactive ketones (excluding diaryl/α,β-unsaturated/α-hetero) is 1. The Hall–Kier alpha value is -1.55. The molecule has 1 rings (SSSR count). The maximum atomic E-state index is 11.1. The van der Waals surface area contributed by atoms with Crippen LogP contribution >= 0.6 is 0 Å². The molecule has 0 saturated heterocycles. The van der Waals surface area contributed by atoms with E-state index in [0.717, 1.165) is 23.5 Å². The molecule has 1 N–H and O–H groups in total. The Morgan fingerprint density at radius 2 is 2.06 bits per heavy atom. The van der Waals surface area contributed by atoms with Crippen molar-refractivity contribution in [2.75, 3.05) is 21.3 Å². The number of ketones is 1. The van der Waals surface area contributed by atoms with Gasteiger partial charge in [0.1, 0.15) is 17.3 Å². The molecular weight excluding hydrogens is 230 g/mol. The molecule has 1 aromatic rings. The molecule has 100 valence electrons. The predicted molar refractivity (Wildman–Crippen MR) is 71.3 cm³/mol. The van der Waals surface area contributed by atoms with Gasteiger partial charge in [0.15, 0.2) is 0 Å². The van der Waals surface area contributed by atoms with Gasteiger partial charge < -0.3 is 19.6 Å². The number of hydrogen-bond acceptors (Lipinski definition) is 4. The first kappa shape index (κ1) is 14.5. The molecule has 0 aromatic heterocycles. The average Bonchev–Trinajstić information content (AvgIpc) is 2.39. The van der Waals surface area contributed by atoms with Crippen LogP contribution in [-0.2, 0) is 4.79 Å². The molecule has 0 aliphatic carbocycles. The van der Waals surface area contributed by atoms with E-state index >= 15 is 0 Å². The van der Waals surface area contributed by atoms with Gasteiger partial charge in [-0.2, -0.15) is 0 Å². The highest BCUT2D eigenvalue weighted by Crippen LogP contribution is 2.31. The van der Waals surface area contributed by atoms with Gasteiger partial charge in [0.2, 0.25) is 0 Å². The van der Waals surface area contributed by atoms with Crippen molar-refractivity contribution in [3.63, 3.8) is 0 Å². The van der Waals surface area contributed by atoms with Crippen LogP contribution in [0.4, 0.5) is 0 Å². The number of ether oxygens (including phenoxy) is 2. The summed E-state index contributed by atoms with van der Waals surface area (Å²) in [5.41, 5.74) is 1.04. The van der Waals surface area contributed by atoms with Crippen molar-refractivity contribution in [3.05, 3.63) is 23.8 Å². The normalized spacial score (nSPS) is 12.0. The fourth-order valence-electron chi connectivity index (χ4n) is 1.91. The van der Waals surface area contributed by atoms with Crippen molar-refractivity contribution < 1.29 is 14.3 Å². The monoisotopic (exact) mass is 251 g/mol. The minimum absolute atomic E-state index is 0.106. The zero-order valence-electron chi connectivity index (χ0n) is 11.4. The lowest BCUT2D eigenvalue weighted by Gasteiger charge is -2.19. The van der Waals surface area contributed by atoms with Crippen molar-refractivity contribution in [3.8, 4) is 11.5 Å². The van der Waals surface area contributed by atoms with Gasteiger partial charge in [-0.3, -0.25) is 0 Å². The van der Waals surface area contributed by atoms with Gasteiger partial charge in [0, 0.05) is 24.1 Å². The Kier molecular flexibility index (Phi) is 5.65. The van der Waals surface area contributed by atoms with Gasteiger partial charge in [-0.25, -0.2) is 0 Å². The lowest BCUT2D eigenvalue weighted by atomic mass is 10.00. The third kappa shape index (κ3) is 3.74. The highest BCUT2D eigenvalue weighted by atomic mass is 16.5. The molecule has 0 aliphatic rings. The summed E-state index contributed by atoms with van der Waals surface area (Å²) in [6.45, 7) is 1.61. The molecule has 0 aliphatic heterocycles. The summed E-state index contributed by atoms with van der Waals surface area (Å²) in [4.78, 5) is 11.1. The highest BCUT2D eigenvalue weighted by molar-refractivity contribution is 5.75. The van der Waals surface area contributed by atoms with Gasteiger partial charge in [0.25, 0.3) is 0 Å². The highest BCUT2D eigenvalue weighted by Gasteiger charge is 2.15. The largest absolute Gasteiger partial charge is 0.497 e. The standard InChI is InChI=1S/C14H21NO3/c1-10(16)5-8-13(15-2)12-7-6-11(17-3)9-14(12)18-4/h6-7,9,13,15H,5,8H2,1-4H3. The van der Waals surface area contributed by atoms with E-state index in [2.05, 4.69) is 5.32 Å². The molecule has 4 heteroatoms. The Bertz CT molecular complexity index is 404. The van der Waals surface area contributed by atoms with E-state index in [1.54, 1.807) is 21.1 Å². The first-order valence-corrected chi connectivity index (χ1v) is 6.01. The van der Waals surface area contributed by atoms with E-state index in [1.165, 1.54) is 0 Å². The molecule has 1 unspecified atom stereocenters. The molecule has 4 nitrogen and oxygen atoms in total. The van der Waals surface area contributed by atoms with Crippen molar-refractivity contribution >= 4 is 5.78 Å². The molecule has 0 bridgehead atoms. The topological polar surface area (TPSA) is 47.6 Å². The fraction of sp³-hybridized carbons (Fsp3) is 0.500. The number of hydrogen-bond donors (Lipinski definition) is 1. The molecule has 18 heavy (non-hydrogen) atoms. The number of methoxy groups -OCH3 is 2. The number of benzene rings is 1. The SMILES string of the molecule is CNC(CCC(C)=O)c1ccc(OC)cc1OC. The molecular formula is C14H21NO3. The second-order valence-corrected chi connectivity index (χ2v) is 4.19. The van der Waals surface area contributed by atoms with E-state index < -0.39 is 0 Å². The Balaban J connectivity index is 2.93. The quantitative estimate of drug-likeness (QED) is 0.808. The molecule has 0 heterocycles. The molecule has 1 atom stereocenters. The van der Waals surface area contributed by atoms with Crippen LogP contribution in [0.1, 0.15) is 31.4 Å². The van der Waals surface area contributed by atoms with Crippen LogP contribution in [0.25, 0.3) is 0 Å². The Morgan fingerprint density at radius 1 is 1.33 bits per heavy atom. The minimum atomic E-state index is 0.106. The van der Waals surface area contributed by atoms with Crippen molar-refractivity contribution in [1.29, 1.82) is 0 Å². The summed E-state index contributed by atoms with van der Waals surface area (Å²) in [7, 11) is 5.14. The summed E-state index contributed by atoms with van der Waals surface area (Å²) in [6, 6.07) is 5.83. The molecule has 0 radical (unpaired) electrons. The van der Waals surface area contributed by atoms with Crippen molar-refractivity contribution in [2.24, 2.45) is 0 Å². The Morgan fingerprint density at radius 3 is 2.56 bits per heavy atom. The summed E-state index contributed by atoms with van der Waals surface area (Å²) in [5, 5.41) is 3.21. The molecule has 0 amide bonds. The zero-order chi connectivity index (χ0) is 13.5. The lowest BCUT2D eigenvalue weighted by Crippen LogP contribution is -2.18. The second kappa shape index (κ2) is 7.01. The van der Waals surface area contributed by atoms with Gasteiger partial charge in [-0.05, 0) is 26.5 Å². The van der Waals surface area contributed by atoms with E-state index in [1.807, 2.05) is 25.2 Å². The van der Waals surface area contributed by atoms with Crippen LogP contribution < -0.4 is 14.8 Å². The summed E-state index contributed by atoms with van der Waals surface area (Å²) in [5.74, 6) is 1.73. The van der Waals surface area contributed by atoms with E-state index in [0.29, 0.717) is 6.42 Å². The maximum Gasteiger partial charge on any atom is 0.129 e. The van der Waals surface area contributed by atoms with Crippen LogP contribution in [0.2, 0.25) is 0 Å². The van der Waals surface area contributed by atoms with Gasteiger partial charge >= 0.3 is 0 Å². The first-order valence-electron chi connectivity index (χ1n) is 6.01. The zero-order valence-corrected chi connectivity index (χ0v) is 11.4. The number of nitrogens with one attached hydrogen (secondary N) is 1. The van der Waals surface area contributed by atoms with Crippen LogP contribution in [0.5, 0.6) is 11.5 Å². The third-order valence-corrected chi connectivity index (χ3v) is 2.95. The Labute approximate surface area is 108 Å². The molecule has 0 spiro atoms. The molecule has 0 saturated carbocycles. The number of rotatable bonds is 7. The minimum Gasteiger partial charge on any atom is -0.497 e. The van der Waals surface area contributed by atoms with Gasteiger partial charge in [-0.15, -0.1) is 0 Å². The summed E-state index contributed by atoms with van der Waals surface area (Å²) < 4.78 is 10.5. The van der Waals surface area contributed by atoms with E-state index in [9.17, 15) is 4.79 Å². The van der Waals surface area contributed by atoms with Gasteiger partial charge in [0.05, 0.1) is 14.2 Å². The van der Waals surface area contributed by atoms with Gasteiger partial charge in [-0.1, -0.05) is 6.07 Å². The molecule has 0 fully saturated rings. The first-order chi connectivity index (χ1) is 8.62. The third-order valence-electron chi connectivity index (χ3n) is 2.95. The molecule has 1 aromatic carbocycles. The maximum absolute atomic E-state index is 11.1. The van der Waals surface area contributed by atoms with Crippen molar-refractivity contribution in [2.45, 2.75) is 25.8 Å². The van der Waals surface area contributed by atoms with E-state index in [4.69, 9.17) is 9.47 Å². The second-order valence-electron chi connectivity index (χ2n) is 4.19. The summed E-state index contributed by atoms with van der Waals surface area (Å²) in [6.07, 6.45) is 1.31. The van der Waals surface area contributed by atoms with Crippen LogP contribution in [0, 0.1) is 0 Å². The van der Waals surface area contributed by atoms with Crippen LogP contribution in [0.3, 0.4) is 0 Å².